The number of hydrogen-bond donors (Lipinski definition) is 2. The van der Waals surface area contributed by atoms with Gasteiger partial charge in [0.25, 0.3) is 0 Å². The Labute approximate surface area is 227 Å². The molecule has 4 aromatic carbocycles. The van der Waals surface area contributed by atoms with E-state index < -0.39 is 24.2 Å². The van der Waals surface area contributed by atoms with Crippen molar-refractivity contribution in [2.75, 3.05) is 13.7 Å². The second-order valence-electron chi connectivity index (χ2n) is 9.29. The van der Waals surface area contributed by atoms with E-state index in [0.29, 0.717) is 17.9 Å². The molecule has 0 fully saturated rings. The van der Waals surface area contributed by atoms with Gasteiger partial charge < -0.3 is 24.6 Å². The van der Waals surface area contributed by atoms with Gasteiger partial charge >= 0.3 is 12.1 Å². The molecule has 198 valence electrons. The van der Waals surface area contributed by atoms with Gasteiger partial charge in [-0.2, -0.15) is 0 Å². The maximum atomic E-state index is 12.8. The van der Waals surface area contributed by atoms with Gasteiger partial charge in [0.1, 0.15) is 25.1 Å². The summed E-state index contributed by atoms with van der Waals surface area (Å²) in [5, 5.41) is 12.4. The van der Waals surface area contributed by atoms with Crippen molar-refractivity contribution in [3.05, 3.63) is 125 Å². The Hall–Kier alpha value is -4.62. The number of benzene rings is 4. The molecule has 4 aromatic rings. The molecule has 0 radical (unpaired) electrons. The first-order valence-electron chi connectivity index (χ1n) is 12.7. The SMILES string of the molecule is CO[C@H](c1ccc(OCc2ccccc2)cc1)[C@@H](NC(=O)OCC1c2ccccc2-c2ccccc21)C(=O)O. The lowest BCUT2D eigenvalue weighted by atomic mass is 9.98. The summed E-state index contributed by atoms with van der Waals surface area (Å²) in [5.74, 6) is -0.735. The molecule has 0 heterocycles. The van der Waals surface area contributed by atoms with Crippen LogP contribution in [0.15, 0.2) is 103 Å². The van der Waals surface area contributed by atoms with Crippen LogP contribution in [-0.4, -0.2) is 36.9 Å². The summed E-state index contributed by atoms with van der Waals surface area (Å²) in [6, 6.07) is 31.4. The van der Waals surface area contributed by atoms with Gasteiger partial charge in [0.15, 0.2) is 6.04 Å². The Morgan fingerprint density at radius 3 is 2.00 bits per heavy atom. The summed E-state index contributed by atoms with van der Waals surface area (Å²) in [6.07, 6.45) is -1.76. The number of carbonyl (C=O) groups excluding carboxylic acids is 1. The maximum absolute atomic E-state index is 12.8. The van der Waals surface area contributed by atoms with Crippen LogP contribution in [0.4, 0.5) is 4.79 Å². The number of nitrogens with one attached hydrogen (secondary N) is 1. The van der Waals surface area contributed by atoms with Crippen molar-refractivity contribution in [2.24, 2.45) is 0 Å². The van der Waals surface area contributed by atoms with Gasteiger partial charge in [-0.1, -0.05) is 91.0 Å². The Morgan fingerprint density at radius 1 is 0.821 bits per heavy atom. The van der Waals surface area contributed by atoms with Gasteiger partial charge in [-0.15, -0.1) is 0 Å². The van der Waals surface area contributed by atoms with Crippen molar-refractivity contribution in [1.29, 1.82) is 0 Å². The fourth-order valence-electron chi connectivity index (χ4n) is 4.99. The van der Waals surface area contributed by atoms with Crippen molar-refractivity contribution < 1.29 is 28.9 Å². The molecule has 7 heteroatoms. The van der Waals surface area contributed by atoms with Gasteiger partial charge in [0.2, 0.25) is 0 Å². The Bertz CT molecular complexity index is 1390. The molecule has 0 bridgehead atoms. The lowest BCUT2D eigenvalue weighted by Gasteiger charge is -2.24. The van der Waals surface area contributed by atoms with E-state index in [-0.39, 0.29) is 12.5 Å². The first-order valence-corrected chi connectivity index (χ1v) is 12.7. The van der Waals surface area contributed by atoms with E-state index in [2.05, 4.69) is 17.4 Å². The van der Waals surface area contributed by atoms with Gasteiger partial charge in [-0.3, -0.25) is 0 Å². The topological polar surface area (TPSA) is 94.1 Å². The minimum atomic E-state index is -1.36. The third kappa shape index (κ3) is 5.78. The number of ether oxygens (including phenoxy) is 3. The standard InChI is InChI=1S/C32H29NO6/c1-37-30(22-15-17-23(18-16-22)38-19-21-9-3-2-4-10-21)29(31(34)35)33-32(36)39-20-28-26-13-7-5-11-24(26)25-12-6-8-14-27(25)28/h2-18,28-30H,19-20H2,1H3,(H,33,36)(H,34,35)/t29-,30-/m1/s1. The van der Waals surface area contributed by atoms with Crippen LogP contribution in [0, 0.1) is 0 Å². The highest BCUT2D eigenvalue weighted by Crippen LogP contribution is 2.44. The van der Waals surface area contributed by atoms with Crippen LogP contribution in [0.2, 0.25) is 0 Å². The van der Waals surface area contributed by atoms with E-state index in [1.54, 1.807) is 24.3 Å². The molecule has 0 spiro atoms. The molecule has 0 saturated carbocycles. The molecule has 1 aliphatic carbocycles. The molecular weight excluding hydrogens is 494 g/mol. The van der Waals surface area contributed by atoms with Crippen LogP contribution in [0.3, 0.4) is 0 Å². The zero-order chi connectivity index (χ0) is 27.2. The van der Waals surface area contributed by atoms with E-state index in [0.717, 1.165) is 27.8 Å². The van der Waals surface area contributed by atoms with E-state index in [1.165, 1.54) is 7.11 Å². The number of methoxy groups -OCH3 is 1. The highest BCUT2D eigenvalue weighted by Gasteiger charge is 2.33. The van der Waals surface area contributed by atoms with E-state index in [9.17, 15) is 14.7 Å². The second kappa shape index (κ2) is 11.8. The van der Waals surface area contributed by atoms with Crippen LogP contribution in [-0.2, 0) is 20.9 Å². The lowest BCUT2D eigenvalue weighted by Crippen LogP contribution is -2.46. The molecule has 0 aliphatic heterocycles. The van der Waals surface area contributed by atoms with Gasteiger partial charge in [-0.05, 0) is 45.5 Å². The number of carbonyl (C=O) groups is 2. The molecular formula is C32H29NO6. The highest BCUT2D eigenvalue weighted by atomic mass is 16.6. The van der Waals surface area contributed by atoms with Crippen LogP contribution >= 0.6 is 0 Å². The summed E-state index contributed by atoms with van der Waals surface area (Å²) in [4.78, 5) is 24.9. The first kappa shape index (κ1) is 26.0. The normalized spacial score (nSPS) is 13.6. The molecule has 0 saturated heterocycles. The summed E-state index contributed by atoms with van der Waals surface area (Å²) in [6.45, 7) is 0.492. The van der Waals surface area contributed by atoms with Gasteiger partial charge in [-0.25, -0.2) is 9.59 Å². The molecule has 1 aliphatic rings. The second-order valence-corrected chi connectivity index (χ2v) is 9.29. The Morgan fingerprint density at radius 2 is 1.41 bits per heavy atom. The number of hydrogen-bond acceptors (Lipinski definition) is 5. The van der Waals surface area contributed by atoms with Crippen LogP contribution in [0.25, 0.3) is 11.1 Å². The van der Waals surface area contributed by atoms with E-state index >= 15 is 0 Å². The van der Waals surface area contributed by atoms with Gasteiger partial charge in [0.05, 0.1) is 0 Å². The molecule has 1 amide bonds. The number of carboxylic acid groups (broad SMARTS) is 1. The van der Waals surface area contributed by atoms with Crippen molar-refractivity contribution in [2.45, 2.75) is 24.7 Å². The fourth-order valence-corrected chi connectivity index (χ4v) is 4.99. The van der Waals surface area contributed by atoms with Crippen LogP contribution in [0.1, 0.15) is 34.3 Å². The van der Waals surface area contributed by atoms with E-state index in [1.807, 2.05) is 66.7 Å². The first-order chi connectivity index (χ1) is 19.0. The third-order valence-electron chi connectivity index (χ3n) is 6.90. The largest absolute Gasteiger partial charge is 0.489 e. The third-order valence-corrected chi connectivity index (χ3v) is 6.90. The summed E-state index contributed by atoms with van der Waals surface area (Å²) in [7, 11) is 1.40. The number of alkyl carbamates (subject to hydrolysis) is 1. The number of amides is 1. The monoisotopic (exact) mass is 523 g/mol. The smallest absolute Gasteiger partial charge is 0.407 e. The zero-order valence-electron chi connectivity index (χ0n) is 21.4. The molecule has 7 nitrogen and oxygen atoms in total. The van der Waals surface area contributed by atoms with Crippen molar-refractivity contribution >= 4 is 12.1 Å². The summed E-state index contributed by atoms with van der Waals surface area (Å²) >= 11 is 0. The highest BCUT2D eigenvalue weighted by molar-refractivity contribution is 5.81. The van der Waals surface area contributed by atoms with Crippen molar-refractivity contribution in [1.82, 2.24) is 5.32 Å². The minimum Gasteiger partial charge on any atom is -0.489 e. The minimum absolute atomic E-state index is 0.0807. The predicted octanol–water partition coefficient (Wildman–Crippen LogP) is 5.95. The molecule has 5 rings (SSSR count). The Kier molecular flexibility index (Phi) is 7.89. The molecule has 0 aromatic heterocycles. The number of aliphatic carboxylic acids is 1. The lowest BCUT2D eigenvalue weighted by molar-refractivity contribution is -0.143. The van der Waals surface area contributed by atoms with Crippen molar-refractivity contribution in [3.63, 3.8) is 0 Å². The summed E-state index contributed by atoms with van der Waals surface area (Å²) in [5.41, 5.74) is 5.99. The van der Waals surface area contributed by atoms with Crippen LogP contribution in [0.5, 0.6) is 5.75 Å². The quantitative estimate of drug-likeness (QED) is 0.267. The Balaban J connectivity index is 1.23. The number of rotatable bonds is 10. The van der Waals surface area contributed by atoms with Crippen LogP contribution < -0.4 is 10.1 Å². The van der Waals surface area contributed by atoms with Crippen molar-refractivity contribution in [3.8, 4) is 16.9 Å². The summed E-state index contributed by atoms with van der Waals surface area (Å²) < 4.78 is 16.9. The molecule has 0 unspecified atom stereocenters. The molecule has 39 heavy (non-hydrogen) atoms. The predicted molar refractivity (Wildman–Crippen MR) is 147 cm³/mol. The van der Waals surface area contributed by atoms with E-state index in [4.69, 9.17) is 14.2 Å². The fraction of sp³-hybridized carbons (Fsp3) is 0.188. The number of carboxylic acids is 1. The number of fused-ring (bicyclic) bond motifs is 3. The zero-order valence-corrected chi connectivity index (χ0v) is 21.4. The molecule has 2 N–H and O–H groups in total. The average molecular weight is 524 g/mol. The molecule has 2 atom stereocenters. The maximum Gasteiger partial charge on any atom is 0.407 e. The van der Waals surface area contributed by atoms with Gasteiger partial charge in [0, 0.05) is 13.0 Å². The average Bonchev–Trinajstić information content (AvgIpc) is 3.29.